The third-order valence-electron chi connectivity index (χ3n) is 5.94. The van der Waals surface area contributed by atoms with Gasteiger partial charge >= 0.3 is 0 Å². The van der Waals surface area contributed by atoms with Gasteiger partial charge in [0.15, 0.2) is 0 Å². The van der Waals surface area contributed by atoms with Crippen molar-refractivity contribution < 1.29 is 0 Å². The first-order chi connectivity index (χ1) is 9.25. The largest absolute Gasteiger partial charge is 0.0625 e. The zero-order valence-corrected chi connectivity index (χ0v) is 15.4. The smallest absolute Gasteiger partial charge is 0.0357 e. The lowest BCUT2D eigenvalue weighted by molar-refractivity contribution is 0.235. The first-order valence-corrected chi connectivity index (χ1v) is 9.25. The van der Waals surface area contributed by atoms with Gasteiger partial charge < -0.3 is 0 Å². The Morgan fingerprint density at radius 1 is 0.500 bits per heavy atom. The second-order valence-electron chi connectivity index (χ2n) is 8.80. The van der Waals surface area contributed by atoms with E-state index < -0.39 is 0 Å². The van der Waals surface area contributed by atoms with E-state index in [1.807, 2.05) is 0 Å². The average Bonchev–Trinajstić information content (AvgIpc) is 2.99. The summed E-state index contributed by atoms with van der Waals surface area (Å²) in [6.45, 7) is 18.9. The predicted octanol–water partition coefficient (Wildman–Crippen LogP) is 6.65. The highest BCUT2D eigenvalue weighted by Crippen LogP contribution is 2.48. The summed E-state index contributed by atoms with van der Waals surface area (Å²) in [5.74, 6) is 7.84. The van der Waals surface area contributed by atoms with Crippen molar-refractivity contribution in [2.24, 2.45) is 47.3 Å². The molecule has 0 nitrogen and oxygen atoms in total. The molecule has 0 radical (unpaired) electrons. The molecule has 0 spiro atoms. The summed E-state index contributed by atoms with van der Waals surface area (Å²) in [4.78, 5) is 0. The molecule has 0 aromatic rings. The second kappa shape index (κ2) is 7.85. The molecule has 2 aliphatic carbocycles. The molecule has 2 rings (SSSR count). The van der Waals surface area contributed by atoms with Crippen molar-refractivity contribution in [2.45, 2.75) is 81.1 Å². The molecule has 4 atom stereocenters. The van der Waals surface area contributed by atoms with Crippen LogP contribution in [0.25, 0.3) is 0 Å². The summed E-state index contributed by atoms with van der Waals surface area (Å²) < 4.78 is 0. The van der Waals surface area contributed by atoms with Crippen LogP contribution in [-0.2, 0) is 0 Å². The lowest BCUT2D eigenvalue weighted by atomic mass is 9.80. The van der Waals surface area contributed by atoms with E-state index >= 15 is 0 Å². The third kappa shape index (κ3) is 5.08. The van der Waals surface area contributed by atoms with Crippen LogP contribution in [0, 0.1) is 47.3 Å². The van der Waals surface area contributed by atoms with E-state index in [9.17, 15) is 0 Å². The molecular formula is C20H40. The molecule has 0 bridgehead atoms. The normalized spacial score (nSPS) is 33.0. The van der Waals surface area contributed by atoms with Crippen molar-refractivity contribution in [3.63, 3.8) is 0 Å². The Morgan fingerprint density at radius 2 is 0.800 bits per heavy atom. The van der Waals surface area contributed by atoms with Crippen molar-refractivity contribution in [3.8, 4) is 0 Å². The quantitative estimate of drug-likeness (QED) is 0.541. The summed E-state index contributed by atoms with van der Waals surface area (Å²) in [7, 11) is 0. The van der Waals surface area contributed by atoms with Gasteiger partial charge in [-0.2, -0.15) is 0 Å². The van der Waals surface area contributed by atoms with Crippen molar-refractivity contribution in [3.05, 3.63) is 0 Å². The Bertz CT molecular complexity index is 235. The Kier molecular flexibility index (Phi) is 7.09. The summed E-state index contributed by atoms with van der Waals surface area (Å²) in [5, 5.41) is 0. The number of rotatable bonds is 4. The van der Waals surface area contributed by atoms with E-state index in [2.05, 4.69) is 55.4 Å². The maximum absolute atomic E-state index is 2.38. The fraction of sp³-hybridized carbons (Fsp3) is 1.00. The van der Waals surface area contributed by atoms with Gasteiger partial charge in [-0.25, -0.2) is 0 Å². The van der Waals surface area contributed by atoms with Crippen LogP contribution in [0.4, 0.5) is 0 Å². The first-order valence-electron chi connectivity index (χ1n) is 9.25. The minimum atomic E-state index is 0.907. The van der Waals surface area contributed by atoms with E-state index in [1.54, 1.807) is 0 Å². The van der Waals surface area contributed by atoms with Gasteiger partial charge in [0.05, 0.1) is 0 Å². The highest BCUT2D eigenvalue weighted by atomic mass is 14.5. The maximum Gasteiger partial charge on any atom is -0.0357 e. The van der Waals surface area contributed by atoms with Gasteiger partial charge in [-0.3, -0.25) is 0 Å². The molecule has 0 N–H and O–H groups in total. The second-order valence-corrected chi connectivity index (χ2v) is 8.80. The molecule has 4 unspecified atom stereocenters. The van der Waals surface area contributed by atoms with Crippen molar-refractivity contribution in [2.75, 3.05) is 0 Å². The SMILES string of the molecule is CC(C)C1CC1C(C)C.CC(C)C1CCCC1C(C)C. The Labute approximate surface area is 129 Å². The van der Waals surface area contributed by atoms with Gasteiger partial charge in [0.1, 0.15) is 0 Å². The first kappa shape index (κ1) is 18.1. The zero-order valence-electron chi connectivity index (χ0n) is 15.4. The maximum atomic E-state index is 2.38. The van der Waals surface area contributed by atoms with Gasteiger partial charge in [0.2, 0.25) is 0 Å². The fourth-order valence-corrected chi connectivity index (χ4v) is 4.44. The molecular weight excluding hydrogens is 240 g/mol. The molecule has 0 heteroatoms. The standard InChI is InChI=1S/C11H22.C9H18/c1-8(2)10-6-5-7-11(10)9(3)4;1-6(2)8-5-9(8)7(3)4/h8-11H,5-7H2,1-4H3;6-9H,5H2,1-4H3. The van der Waals surface area contributed by atoms with Crippen LogP contribution >= 0.6 is 0 Å². The lowest BCUT2D eigenvalue weighted by Gasteiger charge is -2.26. The van der Waals surface area contributed by atoms with Crippen LogP contribution in [-0.4, -0.2) is 0 Å². The molecule has 120 valence electrons. The zero-order chi connectivity index (χ0) is 15.4. The van der Waals surface area contributed by atoms with Crippen LogP contribution in [0.5, 0.6) is 0 Å². The van der Waals surface area contributed by atoms with E-state index in [-0.39, 0.29) is 0 Å². The van der Waals surface area contributed by atoms with Gasteiger partial charge in [0, 0.05) is 0 Å². The molecule has 2 fully saturated rings. The number of hydrogen-bond donors (Lipinski definition) is 0. The van der Waals surface area contributed by atoms with Crippen LogP contribution in [0.1, 0.15) is 81.1 Å². The van der Waals surface area contributed by atoms with E-state index in [0.29, 0.717) is 0 Å². The van der Waals surface area contributed by atoms with E-state index in [4.69, 9.17) is 0 Å². The van der Waals surface area contributed by atoms with Crippen LogP contribution in [0.3, 0.4) is 0 Å². The van der Waals surface area contributed by atoms with Crippen LogP contribution < -0.4 is 0 Å². The molecule has 0 heterocycles. The van der Waals surface area contributed by atoms with Crippen LogP contribution in [0.15, 0.2) is 0 Å². The molecule has 0 aliphatic heterocycles. The molecule has 0 amide bonds. The fourth-order valence-electron chi connectivity index (χ4n) is 4.44. The van der Waals surface area contributed by atoms with Gasteiger partial charge in [-0.15, -0.1) is 0 Å². The van der Waals surface area contributed by atoms with Gasteiger partial charge in [-0.05, 0) is 66.6 Å². The molecule has 0 saturated heterocycles. The predicted molar refractivity (Wildman–Crippen MR) is 91.8 cm³/mol. The molecule has 20 heavy (non-hydrogen) atoms. The Morgan fingerprint density at radius 3 is 1.00 bits per heavy atom. The third-order valence-corrected chi connectivity index (χ3v) is 5.94. The highest BCUT2D eigenvalue weighted by molar-refractivity contribution is 4.89. The number of hydrogen-bond acceptors (Lipinski definition) is 0. The summed E-state index contributed by atoms with van der Waals surface area (Å²) in [6, 6.07) is 0. The highest BCUT2D eigenvalue weighted by Gasteiger charge is 2.40. The monoisotopic (exact) mass is 280 g/mol. The van der Waals surface area contributed by atoms with Crippen molar-refractivity contribution in [1.82, 2.24) is 0 Å². The van der Waals surface area contributed by atoms with Gasteiger partial charge in [0.25, 0.3) is 0 Å². The Balaban J connectivity index is 0.000000204. The molecule has 2 saturated carbocycles. The summed E-state index contributed by atoms with van der Waals surface area (Å²) >= 11 is 0. The van der Waals surface area contributed by atoms with Crippen molar-refractivity contribution >= 4 is 0 Å². The minimum absolute atomic E-state index is 0.907. The molecule has 2 aliphatic rings. The Hall–Kier alpha value is 0. The molecule has 0 aromatic carbocycles. The molecule has 0 aromatic heterocycles. The topological polar surface area (TPSA) is 0 Å². The summed E-state index contributed by atoms with van der Waals surface area (Å²) in [5.41, 5.74) is 0. The van der Waals surface area contributed by atoms with Gasteiger partial charge in [-0.1, -0.05) is 61.8 Å². The lowest BCUT2D eigenvalue weighted by Crippen LogP contribution is -2.18. The average molecular weight is 281 g/mol. The summed E-state index contributed by atoms with van der Waals surface area (Å²) in [6.07, 6.45) is 5.95. The minimum Gasteiger partial charge on any atom is -0.0625 e. The van der Waals surface area contributed by atoms with E-state index in [1.165, 1.54) is 25.7 Å². The van der Waals surface area contributed by atoms with E-state index in [0.717, 1.165) is 47.3 Å². The van der Waals surface area contributed by atoms with Crippen molar-refractivity contribution in [1.29, 1.82) is 0 Å². The van der Waals surface area contributed by atoms with Crippen LogP contribution in [0.2, 0.25) is 0 Å².